The zero-order valence-corrected chi connectivity index (χ0v) is 26.5. The molecule has 0 saturated carbocycles. The number of benzene rings is 3. The van der Waals surface area contributed by atoms with Crippen molar-refractivity contribution in [2.45, 2.75) is 57.4 Å². The van der Waals surface area contributed by atoms with Crippen molar-refractivity contribution in [3.8, 4) is 5.75 Å². The van der Waals surface area contributed by atoms with Crippen molar-refractivity contribution in [3.63, 3.8) is 0 Å². The summed E-state index contributed by atoms with van der Waals surface area (Å²) < 4.78 is 35.1. The summed E-state index contributed by atoms with van der Waals surface area (Å²) in [6.45, 7) is 10.3. The number of phenols is 1. The van der Waals surface area contributed by atoms with Gasteiger partial charge in [0.25, 0.3) is 0 Å². The molecule has 0 spiro atoms. The highest BCUT2D eigenvalue weighted by Crippen LogP contribution is 2.39. The van der Waals surface area contributed by atoms with Gasteiger partial charge in [0.2, 0.25) is 0 Å². The van der Waals surface area contributed by atoms with Gasteiger partial charge < -0.3 is 14.4 Å². The van der Waals surface area contributed by atoms with E-state index in [9.17, 15) is 18.7 Å². The third-order valence-corrected chi connectivity index (χ3v) is 9.03. The summed E-state index contributed by atoms with van der Waals surface area (Å²) >= 11 is 1.51. The van der Waals surface area contributed by atoms with Crippen LogP contribution >= 0.6 is 24.2 Å². The molecular formula is C34H37ClF2N2O3S. The fourth-order valence-electron chi connectivity index (χ4n) is 5.55. The molecule has 0 radical (unpaired) electrons. The van der Waals surface area contributed by atoms with Crippen LogP contribution < -0.4 is 0 Å². The molecule has 0 saturated heterocycles. The monoisotopic (exact) mass is 626 g/mol. The van der Waals surface area contributed by atoms with Crippen LogP contribution in [0.1, 0.15) is 59.9 Å². The van der Waals surface area contributed by atoms with Crippen LogP contribution in [0.4, 0.5) is 8.78 Å². The predicted octanol–water partition coefficient (Wildman–Crippen LogP) is 8.37. The Hall–Kier alpha value is -3.33. The number of hydrogen-bond acceptors (Lipinski definition) is 5. The molecule has 1 aromatic heterocycles. The minimum Gasteiger partial charge on any atom is -0.507 e. The Kier molecular flexibility index (Phi) is 10.6. The first-order valence-corrected chi connectivity index (χ1v) is 15.3. The van der Waals surface area contributed by atoms with E-state index < -0.39 is 5.97 Å². The maximum absolute atomic E-state index is 13.8. The topological polar surface area (TPSA) is 54.7 Å². The van der Waals surface area contributed by atoms with Crippen LogP contribution in [0.3, 0.4) is 0 Å². The normalized spacial score (nSPS) is 13.7. The van der Waals surface area contributed by atoms with E-state index in [1.807, 2.05) is 13.0 Å². The summed E-state index contributed by atoms with van der Waals surface area (Å²) in [6, 6.07) is 15.0. The van der Waals surface area contributed by atoms with Gasteiger partial charge in [0.15, 0.2) is 0 Å². The Morgan fingerprint density at radius 3 is 2.42 bits per heavy atom. The number of ether oxygens (including phenoxy) is 1. The molecule has 0 aliphatic carbocycles. The second-order valence-corrected chi connectivity index (χ2v) is 11.9. The first-order chi connectivity index (χ1) is 20.2. The standard InChI is InChI=1S/C34H36F2N2O3S.ClH/c1-5-41-34(40)33-28-18-31(39)27(24-12-14-37(15-13-24)21(2)3)17-29(28)38(19-23-6-8-25(35)9-7-23)30(33)20-42-32-11-10-26(36)16-22(32)4;/h6-12,16-18,21,39H,5,13-15,19-20H2,1-4H3;1H. The van der Waals surface area contributed by atoms with Gasteiger partial charge in [-0.25, -0.2) is 13.6 Å². The van der Waals surface area contributed by atoms with Gasteiger partial charge in [-0.05, 0) is 93.3 Å². The average molecular weight is 627 g/mol. The Balaban J connectivity index is 0.00000423. The second-order valence-electron chi connectivity index (χ2n) is 10.9. The highest BCUT2D eigenvalue weighted by Gasteiger charge is 2.27. The largest absolute Gasteiger partial charge is 0.507 e. The first-order valence-electron chi connectivity index (χ1n) is 14.3. The van der Waals surface area contributed by atoms with Gasteiger partial charge in [0.1, 0.15) is 17.4 Å². The van der Waals surface area contributed by atoms with Crippen molar-refractivity contribution < 1.29 is 23.4 Å². The number of phenolic OH excluding ortho intramolecular Hbond substituents is 1. The van der Waals surface area contributed by atoms with Crippen molar-refractivity contribution >= 4 is 46.6 Å². The van der Waals surface area contributed by atoms with Gasteiger partial charge >= 0.3 is 5.97 Å². The zero-order chi connectivity index (χ0) is 30.0. The summed E-state index contributed by atoms with van der Waals surface area (Å²) in [5, 5.41) is 11.9. The van der Waals surface area contributed by atoms with Crippen molar-refractivity contribution in [2.75, 3.05) is 19.7 Å². The molecule has 0 atom stereocenters. The molecule has 3 aromatic carbocycles. The van der Waals surface area contributed by atoms with Gasteiger partial charge in [-0.1, -0.05) is 18.2 Å². The lowest BCUT2D eigenvalue weighted by molar-refractivity contribution is 0.0527. The molecule has 0 amide bonds. The lowest BCUT2D eigenvalue weighted by Crippen LogP contribution is -2.34. The molecular weight excluding hydrogens is 590 g/mol. The number of aromatic nitrogens is 1. The molecule has 1 aliphatic heterocycles. The summed E-state index contributed by atoms with van der Waals surface area (Å²) in [5.74, 6) is -0.574. The smallest absolute Gasteiger partial charge is 0.340 e. The molecule has 0 fully saturated rings. The van der Waals surface area contributed by atoms with E-state index in [0.29, 0.717) is 29.3 Å². The van der Waals surface area contributed by atoms with Crippen molar-refractivity contribution in [3.05, 3.63) is 100 Å². The molecule has 5 nitrogen and oxygen atoms in total. The van der Waals surface area contributed by atoms with Gasteiger partial charge in [-0.2, -0.15) is 0 Å². The molecule has 1 aliphatic rings. The SMILES string of the molecule is CCOC(=O)c1c(CSc2ccc(F)cc2C)n(Cc2ccc(F)cc2)c2cc(C3=CCN(C(C)C)CC3)c(O)cc12.Cl. The Bertz CT molecular complexity index is 1650. The maximum atomic E-state index is 13.8. The van der Waals surface area contributed by atoms with E-state index >= 15 is 0 Å². The zero-order valence-electron chi connectivity index (χ0n) is 24.8. The lowest BCUT2D eigenvalue weighted by atomic mass is 9.96. The molecule has 5 rings (SSSR count). The minimum absolute atomic E-state index is 0. The molecule has 228 valence electrons. The summed E-state index contributed by atoms with van der Waals surface area (Å²) in [4.78, 5) is 16.7. The average Bonchev–Trinajstić information content (AvgIpc) is 3.25. The molecule has 43 heavy (non-hydrogen) atoms. The van der Waals surface area contributed by atoms with Crippen LogP contribution in [0.2, 0.25) is 0 Å². The van der Waals surface area contributed by atoms with Crippen molar-refractivity contribution in [1.29, 1.82) is 0 Å². The number of halogens is 3. The van der Waals surface area contributed by atoms with E-state index in [-0.39, 0.29) is 36.4 Å². The number of hydrogen-bond donors (Lipinski definition) is 1. The van der Waals surface area contributed by atoms with Crippen LogP contribution in [0, 0.1) is 18.6 Å². The number of esters is 1. The second kappa shape index (κ2) is 14.0. The van der Waals surface area contributed by atoms with Crippen LogP contribution in [-0.4, -0.2) is 46.3 Å². The van der Waals surface area contributed by atoms with E-state index in [2.05, 4.69) is 29.4 Å². The minimum atomic E-state index is -0.469. The quantitative estimate of drug-likeness (QED) is 0.149. The van der Waals surface area contributed by atoms with Crippen LogP contribution in [0.15, 0.2) is 65.6 Å². The highest BCUT2D eigenvalue weighted by molar-refractivity contribution is 7.98. The van der Waals surface area contributed by atoms with Gasteiger partial charge in [-0.3, -0.25) is 4.90 Å². The number of nitrogens with zero attached hydrogens (tertiary/aromatic N) is 2. The van der Waals surface area contributed by atoms with Crippen LogP contribution in [0.25, 0.3) is 16.5 Å². The van der Waals surface area contributed by atoms with E-state index in [0.717, 1.165) is 57.9 Å². The van der Waals surface area contributed by atoms with E-state index in [4.69, 9.17) is 4.74 Å². The fourth-order valence-corrected chi connectivity index (χ4v) is 6.59. The van der Waals surface area contributed by atoms with E-state index in [1.54, 1.807) is 31.2 Å². The molecule has 2 heterocycles. The Labute approximate surface area is 261 Å². The van der Waals surface area contributed by atoms with E-state index in [1.165, 1.54) is 36.0 Å². The highest BCUT2D eigenvalue weighted by atomic mass is 35.5. The summed E-state index contributed by atoms with van der Waals surface area (Å²) in [7, 11) is 0. The van der Waals surface area contributed by atoms with Crippen molar-refractivity contribution in [1.82, 2.24) is 9.47 Å². The predicted molar refractivity (Wildman–Crippen MR) is 172 cm³/mol. The van der Waals surface area contributed by atoms with Crippen LogP contribution in [0.5, 0.6) is 5.75 Å². The van der Waals surface area contributed by atoms with Crippen LogP contribution in [-0.2, 0) is 17.0 Å². The molecule has 0 bridgehead atoms. The summed E-state index contributed by atoms with van der Waals surface area (Å²) in [5.41, 5.74) is 5.39. The first kappa shape index (κ1) is 32.6. The number of rotatable bonds is 9. The lowest BCUT2D eigenvalue weighted by Gasteiger charge is -2.30. The number of carbonyl (C=O) groups is 1. The number of carbonyl (C=O) groups excluding carboxylic acids is 1. The molecule has 0 unspecified atom stereocenters. The molecule has 1 N–H and O–H groups in total. The molecule has 4 aromatic rings. The molecule has 9 heteroatoms. The Morgan fingerprint density at radius 1 is 1.07 bits per heavy atom. The van der Waals surface area contributed by atoms with Gasteiger partial charge in [0.05, 0.1) is 17.7 Å². The maximum Gasteiger partial charge on any atom is 0.340 e. The van der Waals surface area contributed by atoms with Crippen molar-refractivity contribution in [2.24, 2.45) is 0 Å². The number of aromatic hydroxyl groups is 1. The number of aryl methyl sites for hydroxylation is 1. The van der Waals surface area contributed by atoms with Gasteiger partial charge in [0, 0.05) is 53.0 Å². The summed E-state index contributed by atoms with van der Waals surface area (Å²) in [6.07, 6.45) is 2.96. The third-order valence-electron chi connectivity index (χ3n) is 7.84. The fraction of sp³-hybridized carbons (Fsp3) is 0.324. The number of fused-ring (bicyclic) bond motifs is 1. The number of thioether (sulfide) groups is 1. The third kappa shape index (κ3) is 7.08. The van der Waals surface area contributed by atoms with Gasteiger partial charge in [-0.15, -0.1) is 24.2 Å². The Morgan fingerprint density at radius 2 is 1.79 bits per heavy atom.